The van der Waals surface area contributed by atoms with Crippen LogP contribution in [0, 0.1) is 0 Å². The third-order valence-electron chi connectivity index (χ3n) is 2.18. The summed E-state index contributed by atoms with van der Waals surface area (Å²) in [4.78, 5) is 1.27. The quantitative estimate of drug-likeness (QED) is 0.625. The second-order valence-corrected chi connectivity index (χ2v) is 5.47. The molecule has 0 saturated carbocycles. The predicted octanol–water partition coefficient (Wildman–Crippen LogP) is 4.22. The van der Waals surface area contributed by atoms with E-state index in [1.54, 1.807) is 0 Å². The first-order valence-electron chi connectivity index (χ1n) is 5.30. The van der Waals surface area contributed by atoms with Crippen molar-refractivity contribution in [3.63, 3.8) is 0 Å². The Kier molecular flexibility index (Phi) is 6.37. The Labute approximate surface area is 104 Å². The maximum atomic E-state index is 8.97. The van der Waals surface area contributed by atoms with Crippen LogP contribution in [0.5, 0.6) is 0 Å². The number of thioether (sulfide) groups is 1. The lowest BCUT2D eigenvalue weighted by molar-refractivity contribution is 0.281. The van der Waals surface area contributed by atoms with Crippen molar-refractivity contribution in [2.75, 3.05) is 5.75 Å². The van der Waals surface area contributed by atoms with Crippen LogP contribution >= 0.6 is 27.7 Å². The van der Waals surface area contributed by atoms with Crippen molar-refractivity contribution in [1.82, 2.24) is 0 Å². The zero-order valence-corrected chi connectivity index (χ0v) is 11.4. The van der Waals surface area contributed by atoms with Crippen LogP contribution in [0.2, 0.25) is 0 Å². The van der Waals surface area contributed by atoms with Gasteiger partial charge >= 0.3 is 0 Å². The van der Waals surface area contributed by atoms with Crippen LogP contribution in [-0.2, 0) is 6.61 Å². The van der Waals surface area contributed by atoms with Gasteiger partial charge in [-0.25, -0.2) is 0 Å². The molecular weight excluding hydrogens is 272 g/mol. The number of rotatable bonds is 6. The van der Waals surface area contributed by atoms with Crippen molar-refractivity contribution in [2.45, 2.75) is 37.7 Å². The van der Waals surface area contributed by atoms with Gasteiger partial charge in [-0.1, -0.05) is 25.8 Å². The van der Waals surface area contributed by atoms with Crippen molar-refractivity contribution >= 4 is 27.7 Å². The molecule has 0 aliphatic rings. The summed E-state index contributed by atoms with van der Waals surface area (Å²) in [5, 5.41) is 8.97. The van der Waals surface area contributed by atoms with E-state index in [1.807, 2.05) is 23.9 Å². The highest BCUT2D eigenvalue weighted by atomic mass is 79.9. The molecule has 0 amide bonds. The highest BCUT2D eigenvalue weighted by Gasteiger charge is 2.01. The van der Waals surface area contributed by atoms with Crippen LogP contribution in [-0.4, -0.2) is 10.9 Å². The van der Waals surface area contributed by atoms with Gasteiger partial charge in [0, 0.05) is 9.37 Å². The monoisotopic (exact) mass is 288 g/mol. The number of benzene rings is 1. The van der Waals surface area contributed by atoms with E-state index in [-0.39, 0.29) is 6.61 Å². The van der Waals surface area contributed by atoms with Gasteiger partial charge in [-0.15, -0.1) is 11.8 Å². The Morgan fingerprint density at radius 3 is 2.73 bits per heavy atom. The van der Waals surface area contributed by atoms with E-state index >= 15 is 0 Å². The number of hydrogen-bond donors (Lipinski definition) is 1. The highest BCUT2D eigenvalue weighted by molar-refractivity contribution is 9.10. The van der Waals surface area contributed by atoms with Gasteiger partial charge in [-0.3, -0.25) is 0 Å². The summed E-state index contributed by atoms with van der Waals surface area (Å²) >= 11 is 5.40. The van der Waals surface area contributed by atoms with Crippen molar-refractivity contribution in [1.29, 1.82) is 0 Å². The second kappa shape index (κ2) is 7.31. The maximum absolute atomic E-state index is 8.97. The zero-order chi connectivity index (χ0) is 11.1. The molecule has 0 unspecified atom stereocenters. The molecule has 0 bridgehead atoms. The average Bonchev–Trinajstić information content (AvgIpc) is 2.26. The van der Waals surface area contributed by atoms with E-state index in [9.17, 15) is 0 Å². The summed E-state index contributed by atoms with van der Waals surface area (Å²) in [6.07, 6.45) is 3.85. The number of halogens is 1. The molecule has 3 heteroatoms. The van der Waals surface area contributed by atoms with Crippen LogP contribution < -0.4 is 0 Å². The summed E-state index contributed by atoms with van der Waals surface area (Å²) in [5.74, 6) is 1.17. The molecule has 15 heavy (non-hydrogen) atoms. The number of unbranched alkanes of at least 4 members (excludes halogenated alkanes) is 2. The SMILES string of the molecule is CCCCCSc1ccc(CO)cc1Br. The third-order valence-corrected chi connectivity index (χ3v) is 4.26. The van der Waals surface area contributed by atoms with Gasteiger partial charge in [0.2, 0.25) is 0 Å². The molecule has 1 nitrogen and oxygen atoms in total. The summed E-state index contributed by atoms with van der Waals surface area (Å²) in [7, 11) is 0. The van der Waals surface area contributed by atoms with E-state index in [1.165, 1.54) is 29.9 Å². The Morgan fingerprint density at radius 1 is 1.33 bits per heavy atom. The summed E-state index contributed by atoms with van der Waals surface area (Å²) in [6, 6.07) is 6.04. The number of aliphatic hydroxyl groups excluding tert-OH is 1. The molecule has 0 fully saturated rings. The minimum Gasteiger partial charge on any atom is -0.392 e. The molecule has 0 aromatic heterocycles. The van der Waals surface area contributed by atoms with Gasteiger partial charge in [0.05, 0.1) is 6.61 Å². The third kappa shape index (κ3) is 4.58. The predicted molar refractivity (Wildman–Crippen MR) is 70.3 cm³/mol. The van der Waals surface area contributed by atoms with Crippen molar-refractivity contribution in [2.24, 2.45) is 0 Å². The van der Waals surface area contributed by atoms with E-state index in [4.69, 9.17) is 5.11 Å². The Balaban J connectivity index is 2.47. The van der Waals surface area contributed by atoms with Crippen LogP contribution in [0.25, 0.3) is 0 Å². The molecular formula is C12H17BrOS. The zero-order valence-electron chi connectivity index (χ0n) is 9.00. The van der Waals surface area contributed by atoms with E-state index in [2.05, 4.69) is 28.9 Å². The van der Waals surface area contributed by atoms with Gasteiger partial charge in [0.15, 0.2) is 0 Å². The highest BCUT2D eigenvalue weighted by Crippen LogP contribution is 2.29. The van der Waals surface area contributed by atoms with Gasteiger partial charge in [-0.05, 0) is 45.8 Å². The maximum Gasteiger partial charge on any atom is 0.0682 e. The van der Waals surface area contributed by atoms with Gasteiger partial charge in [0.1, 0.15) is 0 Å². The van der Waals surface area contributed by atoms with Gasteiger partial charge in [0.25, 0.3) is 0 Å². The first-order valence-corrected chi connectivity index (χ1v) is 7.08. The minimum absolute atomic E-state index is 0.110. The topological polar surface area (TPSA) is 20.2 Å². The molecule has 0 radical (unpaired) electrons. The molecule has 0 heterocycles. The molecule has 0 saturated heterocycles. The fourth-order valence-electron chi connectivity index (χ4n) is 1.29. The van der Waals surface area contributed by atoms with Crippen molar-refractivity contribution in [3.05, 3.63) is 28.2 Å². The lowest BCUT2D eigenvalue weighted by Gasteiger charge is -2.05. The first-order chi connectivity index (χ1) is 7.27. The van der Waals surface area contributed by atoms with E-state index in [0.717, 1.165) is 10.0 Å². The molecule has 1 aromatic rings. The Bertz CT molecular complexity index is 302. The summed E-state index contributed by atoms with van der Waals surface area (Å²) in [6.45, 7) is 2.33. The lowest BCUT2D eigenvalue weighted by atomic mass is 10.2. The number of aliphatic hydroxyl groups is 1. The van der Waals surface area contributed by atoms with E-state index in [0.29, 0.717) is 0 Å². The standard InChI is InChI=1S/C12H17BrOS/c1-2-3-4-7-15-12-6-5-10(9-14)8-11(12)13/h5-6,8,14H,2-4,7,9H2,1H3. The molecule has 0 aliphatic heterocycles. The van der Waals surface area contributed by atoms with Gasteiger partial charge in [-0.2, -0.15) is 0 Å². The van der Waals surface area contributed by atoms with Crippen LogP contribution in [0.3, 0.4) is 0 Å². The average molecular weight is 289 g/mol. The van der Waals surface area contributed by atoms with Crippen LogP contribution in [0.1, 0.15) is 31.7 Å². The minimum atomic E-state index is 0.110. The summed E-state index contributed by atoms with van der Waals surface area (Å²) in [5.41, 5.74) is 0.958. The fourth-order valence-corrected chi connectivity index (χ4v) is 2.99. The molecule has 1 aromatic carbocycles. The first kappa shape index (κ1) is 13.1. The Morgan fingerprint density at radius 2 is 2.13 bits per heavy atom. The Hall–Kier alpha value is 0.01000. The van der Waals surface area contributed by atoms with Gasteiger partial charge < -0.3 is 5.11 Å². The smallest absolute Gasteiger partial charge is 0.0682 e. The molecule has 1 N–H and O–H groups in total. The number of hydrogen-bond acceptors (Lipinski definition) is 2. The van der Waals surface area contributed by atoms with Crippen molar-refractivity contribution in [3.8, 4) is 0 Å². The molecule has 84 valence electrons. The fraction of sp³-hybridized carbons (Fsp3) is 0.500. The normalized spacial score (nSPS) is 10.6. The van der Waals surface area contributed by atoms with Crippen LogP contribution in [0.4, 0.5) is 0 Å². The van der Waals surface area contributed by atoms with Crippen molar-refractivity contribution < 1.29 is 5.11 Å². The molecule has 0 aliphatic carbocycles. The molecule has 0 spiro atoms. The van der Waals surface area contributed by atoms with E-state index < -0.39 is 0 Å². The summed E-state index contributed by atoms with van der Waals surface area (Å²) < 4.78 is 1.09. The molecule has 1 rings (SSSR count). The lowest BCUT2D eigenvalue weighted by Crippen LogP contribution is -1.85. The largest absolute Gasteiger partial charge is 0.392 e. The van der Waals surface area contributed by atoms with Crippen LogP contribution in [0.15, 0.2) is 27.6 Å². The second-order valence-electron chi connectivity index (χ2n) is 3.48. The molecule has 0 atom stereocenters.